The van der Waals surface area contributed by atoms with Gasteiger partial charge in [0.2, 0.25) is 5.78 Å². The fourth-order valence-corrected chi connectivity index (χ4v) is 4.96. The Hall–Kier alpha value is -2.48. The summed E-state index contributed by atoms with van der Waals surface area (Å²) in [6.45, 7) is 5.41. The van der Waals surface area contributed by atoms with E-state index in [0.29, 0.717) is 16.4 Å². The van der Waals surface area contributed by atoms with Gasteiger partial charge in [0.15, 0.2) is 11.5 Å². The van der Waals surface area contributed by atoms with Gasteiger partial charge in [-0.2, -0.15) is 0 Å². The molecular formula is C22H18O4S3. The highest BCUT2D eigenvalue weighted by molar-refractivity contribution is 7.14. The van der Waals surface area contributed by atoms with Crippen molar-refractivity contribution in [1.29, 1.82) is 0 Å². The van der Waals surface area contributed by atoms with Crippen LogP contribution in [0, 0.1) is 0 Å². The summed E-state index contributed by atoms with van der Waals surface area (Å²) in [6, 6.07) is 11.1. The highest BCUT2D eigenvalue weighted by atomic mass is 32.1. The quantitative estimate of drug-likeness (QED) is 0.247. The predicted molar refractivity (Wildman–Crippen MR) is 118 cm³/mol. The van der Waals surface area contributed by atoms with Crippen molar-refractivity contribution in [2.45, 2.75) is 26.4 Å². The molecule has 0 spiro atoms. The third-order valence-corrected chi connectivity index (χ3v) is 6.58. The molecule has 0 saturated carbocycles. The first-order chi connectivity index (χ1) is 13.8. The molecule has 4 heterocycles. The molecule has 4 aromatic heterocycles. The highest BCUT2D eigenvalue weighted by Crippen LogP contribution is 2.42. The molecule has 0 unspecified atom stereocenters. The van der Waals surface area contributed by atoms with Crippen LogP contribution >= 0.6 is 34.0 Å². The normalized spacial score (nSPS) is 11.6. The van der Waals surface area contributed by atoms with Crippen molar-refractivity contribution in [2.24, 2.45) is 0 Å². The smallest absolute Gasteiger partial charge is 0.343 e. The number of carbonyl (C=O) groups excluding carboxylic acids is 2. The highest BCUT2D eigenvalue weighted by Gasteiger charge is 2.35. The molecule has 0 saturated heterocycles. The van der Waals surface area contributed by atoms with E-state index in [9.17, 15) is 9.59 Å². The van der Waals surface area contributed by atoms with Gasteiger partial charge in [0, 0.05) is 0 Å². The zero-order valence-electron chi connectivity index (χ0n) is 16.1. The third-order valence-electron chi connectivity index (χ3n) is 3.97. The van der Waals surface area contributed by atoms with E-state index in [-0.39, 0.29) is 16.9 Å². The molecule has 0 aliphatic carbocycles. The minimum Gasteiger partial charge on any atom is -0.456 e. The lowest BCUT2D eigenvalue weighted by molar-refractivity contribution is 0.00686. The lowest BCUT2D eigenvalue weighted by atomic mass is 10.0. The Morgan fingerprint density at radius 1 is 0.828 bits per heavy atom. The van der Waals surface area contributed by atoms with Gasteiger partial charge < -0.3 is 9.15 Å². The number of ether oxygens (including phenoxy) is 1. The Labute approximate surface area is 180 Å². The summed E-state index contributed by atoms with van der Waals surface area (Å²) in [4.78, 5) is 28.8. The third kappa shape index (κ3) is 3.99. The van der Waals surface area contributed by atoms with Gasteiger partial charge in [0.25, 0.3) is 0 Å². The molecule has 0 aliphatic rings. The van der Waals surface area contributed by atoms with Gasteiger partial charge in [-0.3, -0.25) is 4.79 Å². The Bertz CT molecular complexity index is 1130. The minimum absolute atomic E-state index is 0.184. The number of esters is 1. The summed E-state index contributed by atoms with van der Waals surface area (Å²) in [7, 11) is 0. The maximum absolute atomic E-state index is 13.4. The van der Waals surface area contributed by atoms with Crippen LogP contribution in [0.3, 0.4) is 0 Å². The van der Waals surface area contributed by atoms with E-state index in [2.05, 4.69) is 0 Å². The number of furan rings is 1. The van der Waals surface area contributed by atoms with Gasteiger partial charge in [0.05, 0.1) is 20.2 Å². The second-order valence-corrected chi connectivity index (χ2v) is 10.1. The maximum atomic E-state index is 13.4. The summed E-state index contributed by atoms with van der Waals surface area (Å²) in [5, 5.41) is 5.66. The van der Waals surface area contributed by atoms with E-state index >= 15 is 0 Å². The summed E-state index contributed by atoms with van der Waals surface area (Å²) >= 11 is 4.24. The van der Waals surface area contributed by atoms with Crippen molar-refractivity contribution in [3.05, 3.63) is 68.5 Å². The topological polar surface area (TPSA) is 56.5 Å². The van der Waals surface area contributed by atoms with Crippen LogP contribution in [0.1, 0.15) is 46.4 Å². The van der Waals surface area contributed by atoms with Crippen LogP contribution in [-0.4, -0.2) is 17.4 Å². The Morgan fingerprint density at radius 2 is 1.38 bits per heavy atom. The largest absolute Gasteiger partial charge is 0.456 e. The molecular weight excluding hydrogens is 424 g/mol. The van der Waals surface area contributed by atoms with Crippen LogP contribution in [0.4, 0.5) is 0 Å². The average molecular weight is 443 g/mol. The Balaban J connectivity index is 1.99. The molecule has 0 N–H and O–H groups in total. The zero-order chi connectivity index (χ0) is 20.6. The predicted octanol–water partition coefficient (Wildman–Crippen LogP) is 6.98. The first-order valence-electron chi connectivity index (χ1n) is 8.91. The SMILES string of the molecule is CC(C)(C)OC(=O)c1c(-c2cccs2)oc(-c2cccs2)c1C(=O)c1cccs1. The number of rotatable bonds is 5. The van der Waals surface area contributed by atoms with Crippen molar-refractivity contribution in [1.82, 2.24) is 0 Å². The van der Waals surface area contributed by atoms with E-state index in [0.717, 1.165) is 9.75 Å². The van der Waals surface area contributed by atoms with Crippen LogP contribution in [0.5, 0.6) is 0 Å². The lowest BCUT2D eigenvalue weighted by Gasteiger charge is -2.19. The number of hydrogen-bond donors (Lipinski definition) is 0. The molecule has 0 bridgehead atoms. The van der Waals surface area contributed by atoms with Gasteiger partial charge in [-0.05, 0) is 55.1 Å². The van der Waals surface area contributed by atoms with E-state index in [1.165, 1.54) is 34.0 Å². The second kappa shape index (κ2) is 7.74. The average Bonchev–Trinajstić information content (AvgIpc) is 3.47. The summed E-state index contributed by atoms with van der Waals surface area (Å²) in [5.41, 5.74) is -0.260. The van der Waals surface area contributed by atoms with Gasteiger partial charge in [-0.25, -0.2) is 4.79 Å². The van der Waals surface area contributed by atoms with Crippen molar-refractivity contribution < 1.29 is 18.7 Å². The summed E-state index contributed by atoms with van der Waals surface area (Å²) in [5.74, 6) is -0.0246. The van der Waals surface area contributed by atoms with Crippen molar-refractivity contribution in [3.8, 4) is 21.3 Å². The molecule has 148 valence electrons. The first-order valence-corrected chi connectivity index (χ1v) is 11.5. The van der Waals surface area contributed by atoms with Crippen molar-refractivity contribution in [3.63, 3.8) is 0 Å². The second-order valence-electron chi connectivity index (χ2n) is 7.27. The van der Waals surface area contributed by atoms with E-state index in [4.69, 9.17) is 9.15 Å². The fraction of sp³-hybridized carbons (Fsp3) is 0.182. The molecule has 29 heavy (non-hydrogen) atoms. The van der Waals surface area contributed by atoms with Crippen LogP contribution in [0.25, 0.3) is 21.3 Å². The molecule has 0 amide bonds. The van der Waals surface area contributed by atoms with Gasteiger partial charge in [-0.15, -0.1) is 34.0 Å². The van der Waals surface area contributed by atoms with E-state index in [1.54, 1.807) is 26.8 Å². The number of ketones is 1. The molecule has 0 radical (unpaired) electrons. The van der Waals surface area contributed by atoms with E-state index < -0.39 is 11.6 Å². The van der Waals surface area contributed by atoms with Crippen LogP contribution in [0.15, 0.2) is 57.0 Å². The Kier molecular flexibility index (Phi) is 5.29. The summed E-state index contributed by atoms with van der Waals surface area (Å²) in [6.07, 6.45) is 0. The minimum atomic E-state index is -0.701. The van der Waals surface area contributed by atoms with E-state index in [1.807, 2.05) is 46.5 Å². The molecule has 0 aliphatic heterocycles. The van der Waals surface area contributed by atoms with Crippen LogP contribution in [-0.2, 0) is 4.74 Å². The monoisotopic (exact) mass is 442 g/mol. The molecule has 4 nitrogen and oxygen atoms in total. The lowest BCUT2D eigenvalue weighted by Crippen LogP contribution is -2.25. The van der Waals surface area contributed by atoms with Crippen molar-refractivity contribution in [2.75, 3.05) is 0 Å². The zero-order valence-corrected chi connectivity index (χ0v) is 18.5. The van der Waals surface area contributed by atoms with Gasteiger partial charge >= 0.3 is 5.97 Å². The van der Waals surface area contributed by atoms with Crippen molar-refractivity contribution >= 4 is 45.8 Å². The number of carbonyl (C=O) groups is 2. The standard InChI is InChI=1S/C22H18O4S3/c1-22(2,3)26-21(24)17-16(18(23)13-7-4-10-27-13)19(14-8-5-11-28-14)25-20(17)15-9-6-12-29-15/h4-12H,1-3H3. The van der Waals surface area contributed by atoms with Gasteiger partial charge in [-0.1, -0.05) is 18.2 Å². The van der Waals surface area contributed by atoms with Gasteiger partial charge in [0.1, 0.15) is 11.2 Å². The van der Waals surface area contributed by atoms with Crippen LogP contribution in [0.2, 0.25) is 0 Å². The molecule has 0 fully saturated rings. The van der Waals surface area contributed by atoms with Crippen LogP contribution < -0.4 is 0 Å². The molecule has 7 heteroatoms. The molecule has 4 rings (SSSR count). The molecule has 4 aromatic rings. The molecule has 0 aromatic carbocycles. The fourth-order valence-electron chi connectivity index (χ4n) is 2.87. The first kappa shape index (κ1) is 19.8. The molecule has 0 atom stereocenters. The number of thiophene rings is 3. The Morgan fingerprint density at radius 3 is 1.86 bits per heavy atom. The maximum Gasteiger partial charge on any atom is 0.343 e. The summed E-state index contributed by atoms with van der Waals surface area (Å²) < 4.78 is 11.9. The number of hydrogen-bond acceptors (Lipinski definition) is 7.